The summed E-state index contributed by atoms with van der Waals surface area (Å²) in [4.78, 5) is 27.3. The van der Waals surface area contributed by atoms with Crippen molar-refractivity contribution in [3.05, 3.63) is 98.9 Å². The van der Waals surface area contributed by atoms with Crippen LogP contribution in [0.3, 0.4) is 0 Å². The molecule has 4 rings (SSSR count). The molecule has 1 heterocycles. The number of nitrogens with zero attached hydrogens (tertiary/aromatic N) is 2. The molecule has 0 aliphatic heterocycles. The second-order valence-corrected chi connectivity index (χ2v) is 7.62. The molecule has 0 saturated heterocycles. The van der Waals surface area contributed by atoms with E-state index < -0.39 is 10.8 Å². The van der Waals surface area contributed by atoms with Crippen LogP contribution >= 0.6 is 22.9 Å². The minimum Gasteiger partial charge on any atom is -0.298 e. The third kappa shape index (κ3) is 4.22. The monoisotopic (exact) mass is 435 g/mol. The number of benzene rings is 3. The molecule has 3 aromatic carbocycles. The number of aromatic nitrogens is 1. The lowest BCUT2D eigenvalue weighted by Gasteiger charge is -2.04. The van der Waals surface area contributed by atoms with Gasteiger partial charge in [-0.05, 0) is 17.2 Å². The maximum atomic E-state index is 12.5. The van der Waals surface area contributed by atoms with Gasteiger partial charge in [-0.25, -0.2) is 4.98 Å². The minimum absolute atomic E-state index is 0.0230. The zero-order valence-electron chi connectivity index (χ0n) is 15.4. The van der Waals surface area contributed by atoms with E-state index in [4.69, 9.17) is 11.6 Å². The molecule has 0 aliphatic rings. The quantitative estimate of drug-likeness (QED) is 0.295. The average molecular weight is 436 g/mol. The lowest BCUT2D eigenvalue weighted by molar-refractivity contribution is -0.384. The SMILES string of the molecule is O=C(Nc1nc(-c2ccc(-c3ccccc3)cc2)cs1)c1cc([N+](=O)[O-])ccc1Cl. The number of hydrogen-bond donors (Lipinski definition) is 1. The average Bonchev–Trinajstić information content (AvgIpc) is 3.23. The van der Waals surface area contributed by atoms with E-state index in [0.717, 1.165) is 28.5 Å². The molecule has 148 valence electrons. The van der Waals surface area contributed by atoms with E-state index in [9.17, 15) is 14.9 Å². The first-order valence-corrected chi connectivity index (χ1v) is 10.1. The minimum atomic E-state index is -0.576. The van der Waals surface area contributed by atoms with Gasteiger partial charge in [0.2, 0.25) is 0 Å². The van der Waals surface area contributed by atoms with Gasteiger partial charge in [0.05, 0.1) is 21.2 Å². The van der Waals surface area contributed by atoms with Crippen LogP contribution < -0.4 is 5.32 Å². The summed E-state index contributed by atoms with van der Waals surface area (Å²) in [5, 5.41) is 15.9. The summed E-state index contributed by atoms with van der Waals surface area (Å²) >= 11 is 7.29. The highest BCUT2D eigenvalue weighted by Gasteiger charge is 2.17. The zero-order chi connectivity index (χ0) is 21.1. The van der Waals surface area contributed by atoms with Gasteiger partial charge < -0.3 is 0 Å². The predicted octanol–water partition coefficient (Wildman–Crippen LogP) is 6.29. The molecular formula is C22H14ClN3O3S. The highest BCUT2D eigenvalue weighted by Crippen LogP contribution is 2.29. The first-order chi connectivity index (χ1) is 14.5. The van der Waals surface area contributed by atoms with Crippen molar-refractivity contribution in [2.45, 2.75) is 0 Å². The Bertz CT molecular complexity index is 1220. The van der Waals surface area contributed by atoms with Gasteiger partial charge >= 0.3 is 0 Å². The van der Waals surface area contributed by atoms with Crippen molar-refractivity contribution in [2.75, 3.05) is 5.32 Å². The largest absolute Gasteiger partial charge is 0.298 e. The van der Waals surface area contributed by atoms with Crippen LogP contribution in [0.25, 0.3) is 22.4 Å². The van der Waals surface area contributed by atoms with E-state index in [1.54, 1.807) is 0 Å². The standard InChI is InChI=1S/C22H14ClN3O3S/c23-19-11-10-17(26(28)29)12-18(19)21(27)25-22-24-20(13-30-22)16-8-6-15(7-9-16)14-4-2-1-3-5-14/h1-13H,(H,24,25,27). The van der Waals surface area contributed by atoms with E-state index in [0.29, 0.717) is 5.13 Å². The van der Waals surface area contributed by atoms with Crippen LogP contribution in [0.1, 0.15) is 10.4 Å². The molecule has 0 atom stereocenters. The Labute approximate surface area is 180 Å². The molecule has 6 nitrogen and oxygen atoms in total. The van der Waals surface area contributed by atoms with Crippen LogP contribution in [0.2, 0.25) is 5.02 Å². The molecule has 4 aromatic rings. The van der Waals surface area contributed by atoms with E-state index in [1.807, 2.05) is 60.0 Å². The number of nitro benzene ring substituents is 1. The van der Waals surface area contributed by atoms with Gasteiger partial charge in [-0.3, -0.25) is 20.2 Å². The lowest BCUT2D eigenvalue weighted by Crippen LogP contribution is -2.12. The molecule has 1 aromatic heterocycles. The number of hydrogen-bond acceptors (Lipinski definition) is 5. The molecule has 30 heavy (non-hydrogen) atoms. The molecule has 1 amide bonds. The second kappa shape index (κ2) is 8.44. The fourth-order valence-electron chi connectivity index (χ4n) is 2.89. The molecule has 0 spiro atoms. The number of anilines is 1. The zero-order valence-corrected chi connectivity index (χ0v) is 17.0. The topological polar surface area (TPSA) is 85.1 Å². The molecule has 0 aliphatic carbocycles. The normalized spacial score (nSPS) is 10.6. The molecule has 0 unspecified atom stereocenters. The van der Waals surface area contributed by atoms with E-state index in [1.165, 1.54) is 23.5 Å². The molecular weight excluding hydrogens is 422 g/mol. The smallest absolute Gasteiger partial charge is 0.270 e. The van der Waals surface area contributed by atoms with Crippen LogP contribution in [0, 0.1) is 10.1 Å². The van der Waals surface area contributed by atoms with Crippen molar-refractivity contribution in [1.82, 2.24) is 4.98 Å². The van der Waals surface area contributed by atoms with Gasteiger partial charge in [0.1, 0.15) is 0 Å². The number of carbonyl (C=O) groups is 1. The fraction of sp³-hybridized carbons (Fsp3) is 0. The number of nitrogens with one attached hydrogen (secondary N) is 1. The van der Waals surface area contributed by atoms with Crippen molar-refractivity contribution < 1.29 is 9.72 Å². The Hall–Kier alpha value is -3.55. The van der Waals surface area contributed by atoms with Crippen LogP contribution in [0.4, 0.5) is 10.8 Å². The number of rotatable bonds is 5. The van der Waals surface area contributed by atoms with Crippen LogP contribution in [-0.4, -0.2) is 15.8 Å². The number of carbonyl (C=O) groups excluding carboxylic acids is 1. The molecule has 0 fully saturated rings. The second-order valence-electron chi connectivity index (χ2n) is 6.36. The Balaban J connectivity index is 1.51. The van der Waals surface area contributed by atoms with Crippen molar-refractivity contribution >= 4 is 39.7 Å². The first-order valence-electron chi connectivity index (χ1n) is 8.88. The predicted molar refractivity (Wildman–Crippen MR) is 119 cm³/mol. The number of non-ortho nitro benzene ring substituents is 1. The summed E-state index contributed by atoms with van der Waals surface area (Å²) in [6.07, 6.45) is 0. The van der Waals surface area contributed by atoms with Crippen molar-refractivity contribution in [3.8, 4) is 22.4 Å². The molecule has 8 heteroatoms. The summed E-state index contributed by atoms with van der Waals surface area (Å²) in [5.41, 5.74) is 3.69. The number of thiazole rings is 1. The van der Waals surface area contributed by atoms with E-state index in [-0.39, 0.29) is 16.3 Å². The van der Waals surface area contributed by atoms with Gasteiger partial charge in [0.25, 0.3) is 11.6 Å². The number of halogens is 1. The summed E-state index contributed by atoms with van der Waals surface area (Å²) in [5.74, 6) is -0.552. The fourth-order valence-corrected chi connectivity index (χ4v) is 3.81. The maximum absolute atomic E-state index is 12.5. The molecule has 1 N–H and O–H groups in total. The van der Waals surface area contributed by atoms with Crippen LogP contribution in [-0.2, 0) is 0 Å². The Kier molecular flexibility index (Phi) is 5.56. The summed E-state index contributed by atoms with van der Waals surface area (Å²) in [7, 11) is 0. The van der Waals surface area contributed by atoms with Gasteiger partial charge in [-0.1, -0.05) is 66.2 Å². The Morgan fingerprint density at radius 2 is 1.63 bits per heavy atom. The van der Waals surface area contributed by atoms with Gasteiger partial charge in [0.15, 0.2) is 5.13 Å². The van der Waals surface area contributed by atoms with E-state index in [2.05, 4.69) is 10.3 Å². The number of nitro groups is 1. The van der Waals surface area contributed by atoms with Crippen molar-refractivity contribution in [3.63, 3.8) is 0 Å². The number of amides is 1. The Morgan fingerprint density at radius 3 is 2.33 bits per heavy atom. The Morgan fingerprint density at radius 1 is 0.967 bits per heavy atom. The highest BCUT2D eigenvalue weighted by atomic mass is 35.5. The highest BCUT2D eigenvalue weighted by molar-refractivity contribution is 7.14. The third-order valence-corrected chi connectivity index (χ3v) is 5.51. The maximum Gasteiger partial charge on any atom is 0.270 e. The van der Waals surface area contributed by atoms with Gasteiger partial charge in [0, 0.05) is 23.1 Å². The molecule has 0 saturated carbocycles. The van der Waals surface area contributed by atoms with Gasteiger partial charge in [-0.15, -0.1) is 11.3 Å². The summed E-state index contributed by atoms with van der Waals surface area (Å²) < 4.78 is 0. The van der Waals surface area contributed by atoms with E-state index >= 15 is 0 Å². The van der Waals surface area contributed by atoms with Crippen LogP contribution in [0.5, 0.6) is 0 Å². The van der Waals surface area contributed by atoms with Crippen LogP contribution in [0.15, 0.2) is 78.2 Å². The van der Waals surface area contributed by atoms with Crippen molar-refractivity contribution in [1.29, 1.82) is 0 Å². The summed E-state index contributed by atoms with van der Waals surface area (Å²) in [6.45, 7) is 0. The molecule has 0 bridgehead atoms. The lowest BCUT2D eigenvalue weighted by atomic mass is 10.0. The third-order valence-electron chi connectivity index (χ3n) is 4.42. The van der Waals surface area contributed by atoms with Gasteiger partial charge in [-0.2, -0.15) is 0 Å². The summed E-state index contributed by atoms with van der Waals surface area (Å²) in [6, 6.07) is 21.8. The van der Waals surface area contributed by atoms with Crippen molar-refractivity contribution in [2.24, 2.45) is 0 Å². The first kappa shape index (κ1) is 19.8. The molecule has 0 radical (unpaired) electrons.